The van der Waals surface area contributed by atoms with Gasteiger partial charge >= 0.3 is 0 Å². The highest BCUT2D eigenvalue weighted by molar-refractivity contribution is 9.10. The fraction of sp³-hybridized carbons (Fsp3) is 0.0556. The van der Waals surface area contributed by atoms with E-state index in [0.717, 1.165) is 15.8 Å². The number of hydrogen-bond donors (Lipinski definition) is 1. The van der Waals surface area contributed by atoms with E-state index in [2.05, 4.69) is 79.7 Å². The summed E-state index contributed by atoms with van der Waals surface area (Å²) in [7, 11) is 0. The van der Waals surface area contributed by atoms with Crippen molar-refractivity contribution in [3.8, 4) is 0 Å². The van der Waals surface area contributed by atoms with E-state index < -0.39 is 0 Å². The topological polar surface area (TPSA) is 28.2 Å². The average Bonchev–Trinajstić information content (AvgIpc) is 2.96. The zero-order valence-corrected chi connectivity index (χ0v) is 13.4. The third-order valence-electron chi connectivity index (χ3n) is 3.84. The lowest BCUT2D eigenvalue weighted by molar-refractivity contribution is 0.827. The molecule has 1 aliphatic rings. The smallest absolute Gasteiger partial charge is 0.130 e. The summed E-state index contributed by atoms with van der Waals surface area (Å²) in [5.74, 6) is 0. The van der Waals surface area contributed by atoms with Crippen LogP contribution in [0.25, 0.3) is 0 Å². The van der Waals surface area contributed by atoms with Crippen LogP contribution in [0.4, 0.5) is 17.1 Å². The molecule has 1 atom stereocenters. The summed E-state index contributed by atoms with van der Waals surface area (Å²) in [5.41, 5.74) is 4.67. The highest BCUT2D eigenvalue weighted by Crippen LogP contribution is 2.45. The number of benzene rings is 2. The first-order valence-corrected chi connectivity index (χ1v) is 7.92. The summed E-state index contributed by atoms with van der Waals surface area (Å²) in [6.07, 6.45) is 3.73. The molecule has 2 aromatic carbocycles. The molecule has 0 spiro atoms. The van der Waals surface area contributed by atoms with Crippen LogP contribution in [-0.4, -0.2) is 4.98 Å². The van der Waals surface area contributed by atoms with Crippen molar-refractivity contribution >= 4 is 33.0 Å². The van der Waals surface area contributed by atoms with Crippen LogP contribution in [-0.2, 0) is 0 Å². The predicted molar refractivity (Wildman–Crippen MR) is 93.3 cm³/mol. The lowest BCUT2D eigenvalue weighted by Gasteiger charge is -2.27. The van der Waals surface area contributed by atoms with Gasteiger partial charge in [-0.25, -0.2) is 0 Å². The highest BCUT2D eigenvalue weighted by atomic mass is 79.9. The van der Waals surface area contributed by atoms with Crippen LogP contribution < -0.4 is 10.2 Å². The Morgan fingerprint density at radius 3 is 2.41 bits per heavy atom. The molecule has 4 rings (SSSR count). The number of anilines is 3. The molecule has 1 aromatic heterocycles. The molecule has 1 N–H and O–H groups in total. The van der Waals surface area contributed by atoms with E-state index in [4.69, 9.17) is 0 Å². The van der Waals surface area contributed by atoms with Crippen molar-refractivity contribution in [3.05, 3.63) is 83.1 Å². The van der Waals surface area contributed by atoms with Gasteiger partial charge in [0.2, 0.25) is 0 Å². The molecule has 22 heavy (non-hydrogen) atoms. The molecule has 1 aliphatic heterocycles. The third kappa shape index (κ3) is 2.25. The van der Waals surface area contributed by atoms with E-state index in [1.807, 2.05) is 24.5 Å². The number of aromatic nitrogens is 1. The zero-order valence-electron chi connectivity index (χ0n) is 11.8. The Kier molecular flexibility index (Phi) is 3.31. The van der Waals surface area contributed by atoms with Crippen molar-refractivity contribution in [3.63, 3.8) is 0 Å². The van der Waals surface area contributed by atoms with Crippen LogP contribution in [0, 0.1) is 0 Å². The second kappa shape index (κ2) is 5.46. The molecule has 0 bridgehead atoms. The van der Waals surface area contributed by atoms with Crippen molar-refractivity contribution in [2.75, 3.05) is 10.2 Å². The van der Waals surface area contributed by atoms with E-state index in [9.17, 15) is 0 Å². The molecule has 3 aromatic rings. The number of nitrogens with one attached hydrogen (secondary N) is 1. The third-order valence-corrected chi connectivity index (χ3v) is 4.37. The van der Waals surface area contributed by atoms with Gasteiger partial charge < -0.3 is 10.2 Å². The number of halogens is 1. The zero-order chi connectivity index (χ0) is 14.9. The molecule has 1 unspecified atom stereocenters. The standard InChI is InChI=1S/C18H14BrN3/c19-14-7-5-13(6-8-14)18-21-16-3-1-2-4-17(16)22(18)15-9-11-20-12-10-15/h1-12,18,21H. The highest BCUT2D eigenvalue weighted by Gasteiger charge is 2.30. The molecule has 2 heterocycles. The maximum Gasteiger partial charge on any atom is 0.130 e. The van der Waals surface area contributed by atoms with Gasteiger partial charge in [-0.3, -0.25) is 4.98 Å². The maximum absolute atomic E-state index is 4.13. The molecular weight excluding hydrogens is 338 g/mol. The number of hydrogen-bond acceptors (Lipinski definition) is 3. The first kappa shape index (κ1) is 13.3. The van der Waals surface area contributed by atoms with E-state index >= 15 is 0 Å². The average molecular weight is 352 g/mol. The van der Waals surface area contributed by atoms with Crippen LogP contribution in [0.5, 0.6) is 0 Å². The normalized spacial score (nSPS) is 16.2. The van der Waals surface area contributed by atoms with E-state index in [-0.39, 0.29) is 6.17 Å². The summed E-state index contributed by atoms with van der Waals surface area (Å²) in [6.45, 7) is 0. The molecular formula is C18H14BrN3. The summed E-state index contributed by atoms with van der Waals surface area (Å²) < 4.78 is 1.09. The lowest BCUT2D eigenvalue weighted by Crippen LogP contribution is -2.23. The van der Waals surface area contributed by atoms with E-state index in [0.29, 0.717) is 0 Å². The quantitative estimate of drug-likeness (QED) is 0.695. The van der Waals surface area contributed by atoms with Gasteiger partial charge in [0.15, 0.2) is 0 Å². The Balaban J connectivity index is 1.83. The minimum atomic E-state index is 0.0768. The Morgan fingerprint density at radius 1 is 0.909 bits per heavy atom. The number of para-hydroxylation sites is 2. The van der Waals surface area contributed by atoms with Crippen LogP contribution in [0.3, 0.4) is 0 Å². The van der Waals surface area contributed by atoms with Gasteiger partial charge in [0.05, 0.1) is 11.4 Å². The SMILES string of the molecule is Brc1ccc(C2Nc3ccccc3N2c2ccncc2)cc1. The summed E-state index contributed by atoms with van der Waals surface area (Å²) in [4.78, 5) is 6.43. The first-order valence-electron chi connectivity index (χ1n) is 7.13. The molecule has 0 radical (unpaired) electrons. The predicted octanol–water partition coefficient (Wildman–Crippen LogP) is 5.11. The monoisotopic (exact) mass is 351 g/mol. The summed E-state index contributed by atoms with van der Waals surface area (Å²) in [5, 5.41) is 3.61. The Hall–Kier alpha value is -2.33. The van der Waals surface area contributed by atoms with E-state index in [1.165, 1.54) is 11.3 Å². The Morgan fingerprint density at radius 2 is 1.64 bits per heavy atom. The lowest BCUT2D eigenvalue weighted by atomic mass is 10.1. The maximum atomic E-state index is 4.13. The molecule has 0 fully saturated rings. The molecule has 4 heteroatoms. The van der Waals surface area contributed by atoms with Gasteiger partial charge in [-0.05, 0) is 42.0 Å². The largest absolute Gasteiger partial charge is 0.359 e. The molecule has 3 nitrogen and oxygen atoms in total. The van der Waals surface area contributed by atoms with Gasteiger partial charge in [-0.15, -0.1) is 0 Å². The van der Waals surface area contributed by atoms with Gasteiger partial charge in [-0.2, -0.15) is 0 Å². The van der Waals surface area contributed by atoms with Crippen molar-refractivity contribution in [1.82, 2.24) is 4.98 Å². The second-order valence-corrected chi connectivity index (χ2v) is 6.11. The summed E-state index contributed by atoms with van der Waals surface area (Å²) in [6, 6.07) is 20.9. The second-order valence-electron chi connectivity index (χ2n) is 5.19. The van der Waals surface area contributed by atoms with Crippen molar-refractivity contribution in [2.45, 2.75) is 6.17 Å². The Bertz CT molecular complexity index is 787. The fourth-order valence-electron chi connectivity index (χ4n) is 2.83. The molecule has 0 saturated heterocycles. The number of nitrogens with zero attached hydrogens (tertiary/aromatic N) is 2. The van der Waals surface area contributed by atoms with Gasteiger partial charge in [0.25, 0.3) is 0 Å². The first-order chi connectivity index (χ1) is 10.8. The fourth-order valence-corrected chi connectivity index (χ4v) is 3.09. The molecule has 108 valence electrons. The molecule has 0 aliphatic carbocycles. The Labute approximate surface area is 137 Å². The summed E-state index contributed by atoms with van der Waals surface area (Å²) >= 11 is 3.50. The van der Waals surface area contributed by atoms with Crippen LogP contribution in [0.15, 0.2) is 77.5 Å². The van der Waals surface area contributed by atoms with E-state index in [1.54, 1.807) is 0 Å². The molecule has 0 saturated carbocycles. The van der Waals surface area contributed by atoms with Crippen molar-refractivity contribution in [1.29, 1.82) is 0 Å². The van der Waals surface area contributed by atoms with Crippen LogP contribution in [0.1, 0.15) is 11.7 Å². The number of fused-ring (bicyclic) bond motifs is 1. The van der Waals surface area contributed by atoms with Crippen LogP contribution >= 0.6 is 15.9 Å². The molecule has 0 amide bonds. The van der Waals surface area contributed by atoms with Gasteiger partial charge in [0.1, 0.15) is 6.17 Å². The van der Waals surface area contributed by atoms with Crippen LogP contribution in [0.2, 0.25) is 0 Å². The number of pyridine rings is 1. The van der Waals surface area contributed by atoms with Gasteiger partial charge in [-0.1, -0.05) is 40.2 Å². The number of rotatable bonds is 2. The van der Waals surface area contributed by atoms with Gasteiger partial charge in [0, 0.05) is 22.6 Å². The van der Waals surface area contributed by atoms with Crippen molar-refractivity contribution in [2.24, 2.45) is 0 Å². The minimum absolute atomic E-state index is 0.0768. The minimum Gasteiger partial charge on any atom is -0.359 e. The van der Waals surface area contributed by atoms with Crippen molar-refractivity contribution < 1.29 is 0 Å².